The van der Waals surface area contributed by atoms with Crippen LogP contribution in [0.2, 0.25) is 0 Å². The Morgan fingerprint density at radius 3 is 2.50 bits per heavy atom. The van der Waals surface area contributed by atoms with Crippen LogP contribution in [0, 0.1) is 12.3 Å². The summed E-state index contributed by atoms with van der Waals surface area (Å²) in [6.07, 6.45) is 2.54. The van der Waals surface area contributed by atoms with Gasteiger partial charge < -0.3 is 10.1 Å². The van der Waals surface area contributed by atoms with Crippen molar-refractivity contribution >= 4 is 6.09 Å². The maximum atomic E-state index is 12.5. The van der Waals surface area contributed by atoms with E-state index >= 15 is 0 Å². The topological polar surface area (TPSA) is 51.2 Å². The molecule has 1 aromatic rings. The molecule has 1 aromatic heterocycles. The molecule has 0 fully saturated rings. The molecule has 0 aliphatic heterocycles. The number of nitrogens with zero attached hydrogens (tertiary/aromatic N) is 1. The summed E-state index contributed by atoms with van der Waals surface area (Å²) in [5.41, 5.74) is -1.02. The number of terminal acetylenes is 1. The molecule has 1 heterocycles. The third-order valence-corrected chi connectivity index (χ3v) is 2.96. The summed E-state index contributed by atoms with van der Waals surface area (Å²) in [5, 5.41) is 2.69. The molecule has 1 unspecified atom stereocenters. The summed E-state index contributed by atoms with van der Waals surface area (Å²) in [6.45, 7) is 5.22. The Bertz CT molecular complexity index is 584. The molecule has 0 bridgehead atoms. The Morgan fingerprint density at radius 2 is 2.04 bits per heavy atom. The zero-order valence-electron chi connectivity index (χ0n) is 13.9. The predicted molar refractivity (Wildman–Crippen MR) is 84.2 cm³/mol. The maximum absolute atomic E-state index is 12.5. The number of pyridine rings is 1. The Morgan fingerprint density at radius 1 is 1.38 bits per heavy atom. The average molecular weight is 342 g/mol. The van der Waals surface area contributed by atoms with E-state index in [-0.39, 0.29) is 6.04 Å². The van der Waals surface area contributed by atoms with Crippen LogP contribution in [0.3, 0.4) is 0 Å². The van der Waals surface area contributed by atoms with Crippen molar-refractivity contribution in [3.8, 4) is 12.3 Å². The molecular weight excluding hydrogens is 321 g/mol. The van der Waals surface area contributed by atoms with Crippen LogP contribution >= 0.6 is 0 Å². The molecule has 0 spiro atoms. The van der Waals surface area contributed by atoms with Crippen LogP contribution in [-0.2, 0) is 17.3 Å². The molecule has 0 saturated carbocycles. The highest BCUT2D eigenvalue weighted by atomic mass is 19.4. The van der Waals surface area contributed by atoms with Gasteiger partial charge in [0.25, 0.3) is 0 Å². The highest BCUT2D eigenvalue weighted by molar-refractivity contribution is 5.68. The summed E-state index contributed by atoms with van der Waals surface area (Å²) in [4.78, 5) is 15.3. The molecule has 0 aliphatic rings. The molecule has 132 valence electrons. The van der Waals surface area contributed by atoms with Crippen LogP contribution in [0.25, 0.3) is 0 Å². The lowest BCUT2D eigenvalue weighted by atomic mass is 10.0. The number of rotatable bonds is 5. The number of carbonyl (C=O) groups excluding carboxylic acids is 1. The molecule has 4 nitrogen and oxygen atoms in total. The van der Waals surface area contributed by atoms with E-state index in [1.807, 2.05) is 0 Å². The lowest BCUT2D eigenvalue weighted by Gasteiger charge is -2.23. The highest BCUT2D eigenvalue weighted by Crippen LogP contribution is 2.27. The zero-order valence-corrected chi connectivity index (χ0v) is 13.9. The van der Waals surface area contributed by atoms with E-state index < -0.39 is 23.6 Å². The number of nitrogens with one attached hydrogen (secondary N) is 1. The second-order valence-corrected chi connectivity index (χ2v) is 6.34. The van der Waals surface area contributed by atoms with Gasteiger partial charge in [-0.15, -0.1) is 12.3 Å². The second-order valence-electron chi connectivity index (χ2n) is 6.34. The van der Waals surface area contributed by atoms with Crippen molar-refractivity contribution in [1.29, 1.82) is 0 Å². The Kier molecular flexibility index (Phi) is 6.64. The van der Waals surface area contributed by atoms with Gasteiger partial charge >= 0.3 is 12.3 Å². The fourth-order valence-electron chi connectivity index (χ4n) is 1.95. The van der Waals surface area contributed by atoms with Gasteiger partial charge in [-0.1, -0.05) is 6.07 Å². The number of alkyl carbamates (subject to hydrolysis) is 1. The number of halogens is 3. The lowest BCUT2D eigenvalue weighted by Crippen LogP contribution is -2.40. The van der Waals surface area contributed by atoms with Crippen molar-refractivity contribution in [3.05, 3.63) is 29.6 Å². The van der Waals surface area contributed by atoms with Gasteiger partial charge in [0, 0.05) is 18.7 Å². The SMILES string of the molecule is C#CCCC(Cc1ccc(C(F)(F)F)nc1)NC(=O)OC(C)(C)C. The van der Waals surface area contributed by atoms with Gasteiger partial charge in [0.1, 0.15) is 11.3 Å². The van der Waals surface area contributed by atoms with Crippen molar-refractivity contribution < 1.29 is 22.7 Å². The Balaban J connectivity index is 2.75. The molecule has 0 saturated heterocycles. The third-order valence-electron chi connectivity index (χ3n) is 2.96. The number of hydrogen-bond donors (Lipinski definition) is 1. The van der Waals surface area contributed by atoms with Crippen molar-refractivity contribution in [1.82, 2.24) is 10.3 Å². The monoisotopic (exact) mass is 342 g/mol. The van der Waals surface area contributed by atoms with Gasteiger partial charge in [0.15, 0.2) is 0 Å². The quantitative estimate of drug-likeness (QED) is 0.825. The first-order valence-electron chi connectivity index (χ1n) is 7.46. The van der Waals surface area contributed by atoms with Crippen molar-refractivity contribution in [2.24, 2.45) is 0 Å². The van der Waals surface area contributed by atoms with Crippen LogP contribution in [0.5, 0.6) is 0 Å². The number of hydrogen-bond acceptors (Lipinski definition) is 3. The van der Waals surface area contributed by atoms with E-state index in [0.29, 0.717) is 24.8 Å². The summed E-state index contributed by atoms with van der Waals surface area (Å²) < 4.78 is 42.7. The standard InChI is InChI=1S/C17H21F3N2O2/c1-5-6-7-13(22-15(23)24-16(2,3)4)10-12-8-9-14(21-11-12)17(18,19)20/h1,8-9,11,13H,6-7,10H2,2-4H3,(H,22,23). The van der Waals surface area contributed by atoms with E-state index in [9.17, 15) is 18.0 Å². The van der Waals surface area contributed by atoms with Crippen LogP contribution in [0.1, 0.15) is 44.9 Å². The van der Waals surface area contributed by atoms with Gasteiger partial charge in [0.2, 0.25) is 0 Å². The van der Waals surface area contributed by atoms with Crippen LogP contribution < -0.4 is 5.32 Å². The van der Waals surface area contributed by atoms with Crippen LogP contribution in [0.15, 0.2) is 18.3 Å². The molecule has 1 rings (SSSR count). The van der Waals surface area contributed by atoms with Crippen molar-refractivity contribution in [2.45, 2.75) is 57.9 Å². The third kappa shape index (κ3) is 7.36. The van der Waals surface area contributed by atoms with Gasteiger partial charge in [-0.25, -0.2) is 4.79 Å². The Hall–Kier alpha value is -2.23. The van der Waals surface area contributed by atoms with E-state index in [2.05, 4.69) is 16.2 Å². The first-order chi connectivity index (χ1) is 11.0. The fourth-order valence-corrected chi connectivity index (χ4v) is 1.95. The predicted octanol–water partition coefficient (Wildman–Crippen LogP) is 3.95. The lowest BCUT2D eigenvalue weighted by molar-refractivity contribution is -0.141. The Labute approximate surface area is 139 Å². The minimum Gasteiger partial charge on any atom is -0.444 e. The normalized spacial score (nSPS) is 13.0. The number of aromatic nitrogens is 1. The first kappa shape index (κ1) is 19.8. The van der Waals surface area contributed by atoms with Crippen LogP contribution in [0.4, 0.5) is 18.0 Å². The molecular formula is C17H21F3N2O2. The van der Waals surface area contributed by atoms with Gasteiger partial charge in [-0.3, -0.25) is 4.98 Å². The van der Waals surface area contributed by atoms with Crippen molar-refractivity contribution in [3.63, 3.8) is 0 Å². The number of ether oxygens (including phenoxy) is 1. The molecule has 0 radical (unpaired) electrons. The summed E-state index contributed by atoms with van der Waals surface area (Å²) in [7, 11) is 0. The molecule has 0 aromatic carbocycles. The van der Waals surface area contributed by atoms with E-state index in [4.69, 9.17) is 11.2 Å². The molecule has 0 aliphatic carbocycles. The van der Waals surface area contributed by atoms with Gasteiger partial charge in [0.05, 0.1) is 0 Å². The maximum Gasteiger partial charge on any atom is 0.433 e. The molecule has 1 atom stereocenters. The largest absolute Gasteiger partial charge is 0.444 e. The summed E-state index contributed by atoms with van der Waals surface area (Å²) >= 11 is 0. The minimum absolute atomic E-state index is 0.312. The van der Waals surface area contributed by atoms with Gasteiger partial charge in [-0.2, -0.15) is 13.2 Å². The summed E-state index contributed by atoms with van der Waals surface area (Å²) in [6, 6.07) is 1.91. The first-order valence-corrected chi connectivity index (χ1v) is 7.46. The second kappa shape index (κ2) is 8.04. The smallest absolute Gasteiger partial charge is 0.433 e. The zero-order chi connectivity index (χ0) is 18.4. The fraction of sp³-hybridized carbons (Fsp3) is 0.529. The number of alkyl halides is 3. The molecule has 1 N–H and O–H groups in total. The number of amides is 1. The van der Waals surface area contributed by atoms with E-state index in [0.717, 1.165) is 12.3 Å². The van der Waals surface area contributed by atoms with E-state index in [1.165, 1.54) is 6.07 Å². The number of carbonyl (C=O) groups is 1. The minimum atomic E-state index is -4.48. The molecule has 24 heavy (non-hydrogen) atoms. The highest BCUT2D eigenvalue weighted by Gasteiger charge is 2.32. The summed E-state index contributed by atoms with van der Waals surface area (Å²) in [5.74, 6) is 2.48. The van der Waals surface area contributed by atoms with E-state index in [1.54, 1.807) is 20.8 Å². The van der Waals surface area contributed by atoms with Crippen molar-refractivity contribution in [2.75, 3.05) is 0 Å². The van der Waals surface area contributed by atoms with Gasteiger partial charge in [-0.05, 0) is 45.2 Å². The molecule has 1 amide bonds. The van der Waals surface area contributed by atoms with Crippen LogP contribution in [-0.4, -0.2) is 22.7 Å². The molecule has 7 heteroatoms. The average Bonchev–Trinajstić information content (AvgIpc) is 2.42.